The molecule has 0 saturated heterocycles. The van der Waals surface area contributed by atoms with E-state index in [2.05, 4.69) is 80.8 Å². The molecular formula is C34H51N3O8. The van der Waals surface area contributed by atoms with Crippen molar-refractivity contribution < 1.29 is 39.6 Å². The highest BCUT2D eigenvalue weighted by atomic mass is 16.4. The number of amides is 1. The first-order valence-corrected chi connectivity index (χ1v) is 15.9. The Morgan fingerprint density at radius 1 is 0.933 bits per heavy atom. The molecule has 45 heavy (non-hydrogen) atoms. The third-order valence-electron chi connectivity index (χ3n) is 9.60. The number of carbonyl (C=O) groups is 4. The lowest BCUT2D eigenvalue weighted by atomic mass is 9.65. The number of aromatic nitrogens is 1. The SMILES string of the molecule is CCCCC1(N(C)C)CCC2(CC1)c1[nH]c3ccccc3c1CCN2C(=O)CC(C)(C)C.O=C(O)CC(O)(CC(=O)O)C(=O)O. The van der Waals surface area contributed by atoms with Crippen molar-refractivity contribution >= 4 is 34.7 Å². The minimum absolute atomic E-state index is 0.00217. The summed E-state index contributed by atoms with van der Waals surface area (Å²) in [4.78, 5) is 52.7. The van der Waals surface area contributed by atoms with Crippen LogP contribution in [0.15, 0.2) is 24.3 Å². The smallest absolute Gasteiger partial charge is 0.336 e. The quantitative estimate of drug-likeness (QED) is 0.243. The molecule has 1 saturated carbocycles. The summed E-state index contributed by atoms with van der Waals surface area (Å²) in [5.74, 6) is -4.69. The normalized spacial score (nSPS) is 21.7. The van der Waals surface area contributed by atoms with Crippen molar-refractivity contribution in [3.05, 3.63) is 35.5 Å². The lowest BCUT2D eigenvalue weighted by molar-refractivity contribution is -0.170. The average molecular weight is 630 g/mol. The molecule has 11 heteroatoms. The Morgan fingerprint density at radius 3 is 2.00 bits per heavy atom. The van der Waals surface area contributed by atoms with Crippen LogP contribution in [0.5, 0.6) is 0 Å². The van der Waals surface area contributed by atoms with Crippen molar-refractivity contribution in [1.29, 1.82) is 0 Å². The second kappa shape index (κ2) is 13.9. The third-order valence-corrected chi connectivity index (χ3v) is 9.60. The Balaban J connectivity index is 0.000000360. The van der Waals surface area contributed by atoms with Gasteiger partial charge in [-0.1, -0.05) is 58.7 Å². The molecule has 2 heterocycles. The summed E-state index contributed by atoms with van der Waals surface area (Å²) < 4.78 is 0. The van der Waals surface area contributed by atoms with Crippen LogP contribution >= 0.6 is 0 Å². The molecule has 0 atom stereocenters. The summed E-state index contributed by atoms with van der Waals surface area (Å²) in [7, 11) is 4.51. The summed E-state index contributed by atoms with van der Waals surface area (Å²) in [6.07, 6.45) is 7.42. The monoisotopic (exact) mass is 629 g/mol. The van der Waals surface area contributed by atoms with Gasteiger partial charge in [-0.25, -0.2) is 4.79 Å². The number of hydrogen-bond acceptors (Lipinski definition) is 6. The number of aliphatic carboxylic acids is 3. The van der Waals surface area contributed by atoms with Crippen molar-refractivity contribution in [2.24, 2.45) is 5.41 Å². The van der Waals surface area contributed by atoms with Crippen LogP contribution in [0.25, 0.3) is 10.9 Å². The zero-order chi connectivity index (χ0) is 33.8. The highest BCUT2D eigenvalue weighted by Gasteiger charge is 2.52. The number of fused-ring (bicyclic) bond motifs is 4. The van der Waals surface area contributed by atoms with Gasteiger partial charge >= 0.3 is 17.9 Å². The Labute approximate surface area is 265 Å². The van der Waals surface area contributed by atoms with E-state index in [1.807, 2.05) is 0 Å². The van der Waals surface area contributed by atoms with E-state index < -0.39 is 36.4 Å². The number of hydrogen-bond donors (Lipinski definition) is 5. The Kier molecular flexibility index (Phi) is 11.1. The van der Waals surface area contributed by atoms with Gasteiger partial charge in [0.25, 0.3) is 0 Å². The Bertz CT molecular complexity index is 1370. The first kappa shape index (κ1) is 36.0. The van der Waals surface area contributed by atoms with E-state index in [0.29, 0.717) is 12.3 Å². The van der Waals surface area contributed by atoms with Gasteiger partial charge in [-0.15, -0.1) is 0 Å². The molecule has 11 nitrogen and oxygen atoms in total. The molecule has 0 bridgehead atoms. The number of para-hydroxylation sites is 1. The van der Waals surface area contributed by atoms with Crippen molar-refractivity contribution in [2.45, 2.75) is 115 Å². The summed E-state index contributed by atoms with van der Waals surface area (Å²) in [5.41, 5.74) is 1.32. The first-order valence-electron chi connectivity index (χ1n) is 15.9. The van der Waals surface area contributed by atoms with Gasteiger partial charge in [0.15, 0.2) is 5.60 Å². The number of aliphatic hydroxyl groups is 1. The van der Waals surface area contributed by atoms with E-state index in [-0.39, 0.29) is 16.5 Å². The molecule has 250 valence electrons. The fourth-order valence-electron chi connectivity index (χ4n) is 7.13. The molecule has 1 aliphatic heterocycles. The van der Waals surface area contributed by atoms with Crippen LogP contribution in [0.4, 0.5) is 0 Å². The molecule has 1 aromatic carbocycles. The van der Waals surface area contributed by atoms with E-state index in [1.165, 1.54) is 41.4 Å². The van der Waals surface area contributed by atoms with Crippen LogP contribution in [0.3, 0.4) is 0 Å². The van der Waals surface area contributed by atoms with Gasteiger partial charge in [-0.05, 0) is 69.7 Å². The molecule has 2 aliphatic rings. The highest BCUT2D eigenvalue weighted by molar-refractivity contribution is 5.88. The summed E-state index contributed by atoms with van der Waals surface area (Å²) >= 11 is 0. The van der Waals surface area contributed by atoms with E-state index in [1.54, 1.807) is 0 Å². The number of nitrogens with zero attached hydrogens (tertiary/aromatic N) is 2. The maximum absolute atomic E-state index is 13.7. The average Bonchev–Trinajstić information content (AvgIpc) is 3.31. The fourth-order valence-corrected chi connectivity index (χ4v) is 7.13. The number of carbonyl (C=O) groups excluding carboxylic acids is 1. The zero-order valence-corrected chi connectivity index (χ0v) is 27.6. The Morgan fingerprint density at radius 2 is 1.51 bits per heavy atom. The summed E-state index contributed by atoms with van der Waals surface area (Å²) in [6, 6.07) is 8.70. The lowest BCUT2D eigenvalue weighted by Gasteiger charge is -2.55. The van der Waals surface area contributed by atoms with Crippen LogP contribution in [0.1, 0.15) is 103 Å². The molecule has 1 spiro atoms. The number of nitrogens with one attached hydrogen (secondary N) is 1. The number of aromatic amines is 1. The molecule has 1 fully saturated rings. The predicted molar refractivity (Wildman–Crippen MR) is 171 cm³/mol. The number of rotatable bonds is 10. The van der Waals surface area contributed by atoms with E-state index >= 15 is 0 Å². The largest absolute Gasteiger partial charge is 0.481 e. The maximum Gasteiger partial charge on any atom is 0.336 e. The third kappa shape index (κ3) is 8.05. The van der Waals surface area contributed by atoms with Gasteiger partial charge in [-0.2, -0.15) is 0 Å². The topological polar surface area (TPSA) is 171 Å². The van der Waals surface area contributed by atoms with Gasteiger partial charge in [0.05, 0.1) is 18.4 Å². The van der Waals surface area contributed by atoms with Gasteiger partial charge in [-0.3, -0.25) is 14.4 Å². The van der Waals surface area contributed by atoms with Crippen LogP contribution in [0, 0.1) is 5.41 Å². The van der Waals surface area contributed by atoms with Gasteiger partial charge in [0.2, 0.25) is 5.91 Å². The van der Waals surface area contributed by atoms with Crippen molar-refractivity contribution in [2.75, 3.05) is 20.6 Å². The molecule has 5 N–H and O–H groups in total. The van der Waals surface area contributed by atoms with Crippen molar-refractivity contribution in [1.82, 2.24) is 14.8 Å². The van der Waals surface area contributed by atoms with E-state index in [0.717, 1.165) is 38.6 Å². The van der Waals surface area contributed by atoms with Crippen LogP contribution in [-0.2, 0) is 31.1 Å². The minimum atomic E-state index is -2.74. The van der Waals surface area contributed by atoms with Gasteiger partial charge < -0.3 is 35.2 Å². The molecule has 0 unspecified atom stereocenters. The lowest BCUT2D eigenvalue weighted by Crippen LogP contribution is -2.59. The minimum Gasteiger partial charge on any atom is -0.481 e. The van der Waals surface area contributed by atoms with Gasteiger partial charge in [0.1, 0.15) is 0 Å². The summed E-state index contributed by atoms with van der Waals surface area (Å²) in [5, 5.41) is 35.2. The molecule has 1 amide bonds. The number of benzene rings is 1. The van der Waals surface area contributed by atoms with Gasteiger partial charge in [0, 0.05) is 35.1 Å². The van der Waals surface area contributed by atoms with E-state index in [9.17, 15) is 19.2 Å². The number of unbranched alkanes of at least 4 members (excludes halogenated alkanes) is 1. The highest BCUT2D eigenvalue weighted by Crippen LogP contribution is 2.52. The van der Waals surface area contributed by atoms with Crippen LogP contribution in [-0.4, -0.2) is 90.8 Å². The number of H-pyrrole nitrogens is 1. The molecular weight excluding hydrogens is 578 g/mol. The maximum atomic E-state index is 13.7. The molecule has 4 rings (SSSR count). The predicted octanol–water partition coefficient (Wildman–Crippen LogP) is 5.00. The number of carboxylic acids is 3. The van der Waals surface area contributed by atoms with Crippen LogP contribution in [0.2, 0.25) is 0 Å². The summed E-state index contributed by atoms with van der Waals surface area (Å²) in [6.45, 7) is 9.67. The molecule has 1 aromatic heterocycles. The first-order chi connectivity index (χ1) is 20.9. The molecule has 0 radical (unpaired) electrons. The standard InChI is InChI=1S/C28H43N3O.C6H8O7/c1-7-8-14-27(30(5)6)15-17-28(18-16-27)25-22(21-11-9-10-12-23(21)29-25)13-19-31(28)24(32)20-26(2,3)4;7-3(8)1-6(13,5(11)12)2-4(9)10/h9-12,29H,7-8,13-20H2,1-6H3;13H,1-2H2,(H,7,8)(H,9,10)(H,11,12). The van der Waals surface area contributed by atoms with Crippen molar-refractivity contribution in [3.63, 3.8) is 0 Å². The van der Waals surface area contributed by atoms with Crippen molar-refractivity contribution in [3.8, 4) is 0 Å². The molecule has 1 aliphatic carbocycles. The molecule has 2 aromatic rings. The second-order valence-corrected chi connectivity index (χ2v) is 14.3. The fraction of sp³-hybridized carbons (Fsp3) is 0.647. The Hall–Kier alpha value is -3.44. The zero-order valence-electron chi connectivity index (χ0n) is 27.6. The van der Waals surface area contributed by atoms with Crippen LogP contribution < -0.4 is 0 Å². The number of carboxylic acid groups (broad SMARTS) is 3. The second-order valence-electron chi connectivity index (χ2n) is 14.3. The van der Waals surface area contributed by atoms with E-state index in [4.69, 9.17) is 20.4 Å².